The highest BCUT2D eigenvalue weighted by atomic mass is 35.5. The van der Waals surface area contributed by atoms with E-state index >= 15 is 0 Å². The molecule has 2 aromatic carbocycles. The molecule has 0 aliphatic heterocycles. The van der Waals surface area contributed by atoms with Crippen LogP contribution in [-0.4, -0.2) is 24.9 Å². The van der Waals surface area contributed by atoms with Gasteiger partial charge in [-0.25, -0.2) is 0 Å². The lowest BCUT2D eigenvalue weighted by atomic mass is 10.1. The summed E-state index contributed by atoms with van der Waals surface area (Å²) >= 11 is 0. The second kappa shape index (κ2) is 14.5. The van der Waals surface area contributed by atoms with Crippen molar-refractivity contribution in [1.29, 1.82) is 10.8 Å². The highest BCUT2D eigenvalue weighted by Gasteiger charge is 1.99. The number of unbranched alkanes of at least 4 members (excludes halogenated alkanes) is 2. The summed E-state index contributed by atoms with van der Waals surface area (Å²) in [6, 6.07) is 15.4. The average Bonchev–Trinajstić information content (AvgIpc) is 2.63. The van der Waals surface area contributed by atoms with Crippen LogP contribution in [0.25, 0.3) is 0 Å². The van der Waals surface area contributed by atoms with Crippen LogP contribution >= 0.6 is 24.8 Å². The molecule has 160 valence electrons. The van der Waals surface area contributed by atoms with Crippen molar-refractivity contribution in [2.45, 2.75) is 32.1 Å². The number of hydrogen-bond acceptors (Lipinski definition) is 4. The number of amidine groups is 2. The van der Waals surface area contributed by atoms with Gasteiger partial charge in [-0.15, -0.1) is 24.8 Å². The van der Waals surface area contributed by atoms with Crippen LogP contribution in [0.4, 0.5) is 0 Å². The number of halogens is 2. The maximum Gasteiger partial charge on any atom is 0.119 e. The van der Waals surface area contributed by atoms with E-state index in [9.17, 15) is 0 Å². The van der Waals surface area contributed by atoms with Crippen molar-refractivity contribution in [3.05, 3.63) is 59.7 Å². The summed E-state index contributed by atoms with van der Waals surface area (Å²) in [5, 5.41) is 14.6. The molecule has 0 amide bonds. The lowest BCUT2D eigenvalue weighted by Gasteiger charge is -2.09. The van der Waals surface area contributed by atoms with Crippen LogP contribution in [0.2, 0.25) is 0 Å². The molecule has 6 N–H and O–H groups in total. The molecule has 6 nitrogen and oxygen atoms in total. The van der Waals surface area contributed by atoms with E-state index in [1.165, 1.54) is 0 Å². The summed E-state index contributed by atoms with van der Waals surface area (Å²) in [5.74, 6) is 2.00. The van der Waals surface area contributed by atoms with E-state index in [4.69, 9.17) is 31.8 Å². The Morgan fingerprint density at radius 2 is 0.966 bits per heavy atom. The topological polar surface area (TPSA) is 118 Å². The van der Waals surface area contributed by atoms with Crippen molar-refractivity contribution in [2.75, 3.05) is 13.2 Å². The van der Waals surface area contributed by atoms with Gasteiger partial charge in [-0.1, -0.05) is 24.3 Å². The van der Waals surface area contributed by atoms with Crippen LogP contribution in [0.15, 0.2) is 48.5 Å². The standard InChI is InChI=1S/C21H28N4O2.2ClH/c22-20(23)14-16-4-8-18(9-5-16)26-12-2-1-3-13-27-19-10-6-17(7-11-19)15-21(24)25;;/h4-11H,1-3,12-15H2,(H3,22,23)(H3,24,25);2*1H. The summed E-state index contributed by atoms with van der Waals surface area (Å²) in [4.78, 5) is 0. The fourth-order valence-electron chi connectivity index (χ4n) is 2.61. The van der Waals surface area contributed by atoms with Gasteiger partial charge >= 0.3 is 0 Å². The first-order chi connectivity index (χ1) is 13.0. The number of nitrogens with one attached hydrogen (secondary N) is 2. The highest BCUT2D eigenvalue weighted by Crippen LogP contribution is 2.15. The fraction of sp³-hybridized carbons (Fsp3) is 0.333. The lowest BCUT2D eigenvalue weighted by Crippen LogP contribution is -2.12. The van der Waals surface area contributed by atoms with Crippen molar-refractivity contribution in [2.24, 2.45) is 11.5 Å². The van der Waals surface area contributed by atoms with Crippen molar-refractivity contribution < 1.29 is 9.47 Å². The Hall–Kier alpha value is -2.44. The van der Waals surface area contributed by atoms with E-state index in [0.717, 1.165) is 41.9 Å². The summed E-state index contributed by atoms with van der Waals surface area (Å²) in [5.41, 5.74) is 12.8. The molecule has 8 heteroatoms. The molecule has 0 aliphatic rings. The Balaban J connectivity index is 0.00000392. The Morgan fingerprint density at radius 3 is 1.28 bits per heavy atom. The van der Waals surface area contributed by atoms with Crippen molar-refractivity contribution in [3.8, 4) is 11.5 Å². The largest absolute Gasteiger partial charge is 0.494 e. The molecule has 0 unspecified atom stereocenters. The van der Waals surface area contributed by atoms with Gasteiger partial charge in [0.25, 0.3) is 0 Å². The third-order valence-corrected chi connectivity index (χ3v) is 3.96. The van der Waals surface area contributed by atoms with Gasteiger partial charge in [0.2, 0.25) is 0 Å². The zero-order chi connectivity index (χ0) is 19.5. The van der Waals surface area contributed by atoms with E-state index in [-0.39, 0.29) is 36.5 Å². The van der Waals surface area contributed by atoms with Gasteiger partial charge in [-0.3, -0.25) is 10.8 Å². The Morgan fingerprint density at radius 1 is 0.621 bits per heavy atom. The van der Waals surface area contributed by atoms with Gasteiger partial charge in [-0.2, -0.15) is 0 Å². The van der Waals surface area contributed by atoms with Crippen LogP contribution in [0.3, 0.4) is 0 Å². The molecule has 0 saturated heterocycles. The molecule has 0 aromatic heterocycles. The van der Waals surface area contributed by atoms with Gasteiger partial charge < -0.3 is 20.9 Å². The molecule has 0 radical (unpaired) electrons. The number of nitrogens with two attached hydrogens (primary N) is 2. The van der Waals surface area contributed by atoms with Crippen LogP contribution in [-0.2, 0) is 12.8 Å². The molecule has 0 saturated carbocycles. The SMILES string of the molecule is Cl.Cl.N=C(N)Cc1ccc(OCCCCCOc2ccc(CC(=N)N)cc2)cc1. The second-order valence-corrected chi connectivity index (χ2v) is 6.45. The quantitative estimate of drug-likeness (QED) is 0.225. The van der Waals surface area contributed by atoms with Crippen LogP contribution in [0, 0.1) is 10.8 Å². The van der Waals surface area contributed by atoms with Gasteiger partial charge in [0, 0.05) is 12.8 Å². The number of ether oxygens (including phenoxy) is 2. The van der Waals surface area contributed by atoms with Crippen molar-refractivity contribution in [1.82, 2.24) is 0 Å². The predicted octanol–water partition coefficient (Wildman–Crippen LogP) is 4.12. The van der Waals surface area contributed by atoms with E-state index < -0.39 is 0 Å². The first-order valence-electron chi connectivity index (χ1n) is 9.12. The number of hydrogen-bond donors (Lipinski definition) is 4. The predicted molar refractivity (Wildman–Crippen MR) is 123 cm³/mol. The molecular weight excluding hydrogens is 411 g/mol. The number of rotatable bonds is 12. The fourth-order valence-corrected chi connectivity index (χ4v) is 2.61. The molecule has 0 atom stereocenters. The molecular formula is C21H30Cl2N4O2. The van der Waals surface area contributed by atoms with Gasteiger partial charge in [0.05, 0.1) is 24.9 Å². The van der Waals surface area contributed by atoms with E-state index in [2.05, 4.69) is 0 Å². The lowest BCUT2D eigenvalue weighted by molar-refractivity contribution is 0.279. The summed E-state index contributed by atoms with van der Waals surface area (Å²) in [6.07, 6.45) is 3.91. The van der Waals surface area contributed by atoms with E-state index in [0.29, 0.717) is 26.1 Å². The monoisotopic (exact) mass is 440 g/mol. The third kappa shape index (κ3) is 11.2. The smallest absolute Gasteiger partial charge is 0.119 e. The Labute approximate surface area is 184 Å². The van der Waals surface area contributed by atoms with Crippen LogP contribution in [0.1, 0.15) is 30.4 Å². The molecule has 29 heavy (non-hydrogen) atoms. The number of benzene rings is 2. The molecule has 2 rings (SSSR count). The second-order valence-electron chi connectivity index (χ2n) is 6.45. The van der Waals surface area contributed by atoms with Gasteiger partial charge in [0.1, 0.15) is 11.5 Å². The maximum absolute atomic E-state index is 7.29. The van der Waals surface area contributed by atoms with Crippen molar-refractivity contribution in [3.63, 3.8) is 0 Å². The minimum Gasteiger partial charge on any atom is -0.494 e. The molecule has 0 heterocycles. The molecule has 0 bridgehead atoms. The van der Waals surface area contributed by atoms with E-state index in [1.54, 1.807) is 0 Å². The summed E-state index contributed by atoms with van der Waals surface area (Å²) in [7, 11) is 0. The van der Waals surface area contributed by atoms with Crippen LogP contribution in [0.5, 0.6) is 11.5 Å². The normalized spacial score (nSPS) is 9.66. The Kier molecular flexibility index (Phi) is 13.3. The summed E-state index contributed by atoms with van der Waals surface area (Å²) in [6.45, 7) is 1.34. The average molecular weight is 441 g/mol. The zero-order valence-electron chi connectivity index (χ0n) is 16.4. The maximum atomic E-state index is 7.29. The summed E-state index contributed by atoms with van der Waals surface area (Å²) < 4.78 is 11.4. The zero-order valence-corrected chi connectivity index (χ0v) is 18.0. The molecule has 0 spiro atoms. The van der Waals surface area contributed by atoms with Gasteiger partial charge in [-0.05, 0) is 54.7 Å². The minimum atomic E-state index is 0. The Bertz CT molecular complexity index is 674. The van der Waals surface area contributed by atoms with Gasteiger partial charge in [0.15, 0.2) is 0 Å². The van der Waals surface area contributed by atoms with Crippen molar-refractivity contribution >= 4 is 36.5 Å². The molecule has 0 fully saturated rings. The molecule has 2 aromatic rings. The molecule has 0 aliphatic carbocycles. The van der Waals surface area contributed by atoms with Crippen LogP contribution < -0.4 is 20.9 Å². The first-order valence-corrected chi connectivity index (χ1v) is 9.12. The van der Waals surface area contributed by atoms with E-state index in [1.807, 2.05) is 48.5 Å². The minimum absolute atomic E-state index is 0. The first kappa shape index (κ1) is 26.6. The third-order valence-electron chi connectivity index (χ3n) is 3.96. The highest BCUT2D eigenvalue weighted by molar-refractivity contribution is 5.85.